The molecular formula is C16H11F3N6O2S. The second-order valence-corrected chi connectivity index (χ2v) is 5.68. The summed E-state index contributed by atoms with van der Waals surface area (Å²) < 4.78 is 42.5. The molecule has 28 heavy (non-hydrogen) atoms. The number of alkyl halides is 3. The highest BCUT2D eigenvalue weighted by Crippen LogP contribution is 2.29. The van der Waals surface area contributed by atoms with Crippen LogP contribution in [0.2, 0.25) is 0 Å². The van der Waals surface area contributed by atoms with Crippen molar-refractivity contribution in [3.05, 3.63) is 60.2 Å². The van der Waals surface area contributed by atoms with Gasteiger partial charge in [-0.25, -0.2) is 0 Å². The van der Waals surface area contributed by atoms with Crippen molar-refractivity contribution in [3.8, 4) is 11.4 Å². The minimum absolute atomic E-state index is 0.0555. The lowest BCUT2D eigenvalue weighted by Crippen LogP contribution is -2.43. The van der Waals surface area contributed by atoms with Crippen molar-refractivity contribution in [2.24, 2.45) is 0 Å². The van der Waals surface area contributed by atoms with E-state index in [0.29, 0.717) is 11.3 Å². The van der Waals surface area contributed by atoms with Crippen molar-refractivity contribution in [3.63, 3.8) is 0 Å². The first kappa shape index (κ1) is 19.2. The highest BCUT2D eigenvalue weighted by atomic mass is 32.1. The number of hydrogen-bond acceptors (Lipinski definition) is 6. The van der Waals surface area contributed by atoms with Gasteiger partial charge in [-0.15, -0.1) is 0 Å². The van der Waals surface area contributed by atoms with Crippen LogP contribution >= 0.6 is 12.2 Å². The van der Waals surface area contributed by atoms with Crippen molar-refractivity contribution in [2.45, 2.75) is 6.18 Å². The van der Waals surface area contributed by atoms with E-state index in [1.165, 1.54) is 18.3 Å². The van der Waals surface area contributed by atoms with Gasteiger partial charge in [-0.2, -0.15) is 18.2 Å². The van der Waals surface area contributed by atoms with Gasteiger partial charge in [-0.3, -0.25) is 20.6 Å². The molecule has 0 aliphatic rings. The molecule has 0 bridgehead atoms. The monoisotopic (exact) mass is 408 g/mol. The van der Waals surface area contributed by atoms with Crippen molar-refractivity contribution in [2.75, 3.05) is 5.32 Å². The molecule has 0 saturated heterocycles. The third-order valence-electron chi connectivity index (χ3n) is 3.30. The predicted octanol–water partition coefficient (Wildman–Crippen LogP) is 2.78. The summed E-state index contributed by atoms with van der Waals surface area (Å²) in [5.74, 6) is -0.883. The first-order valence-electron chi connectivity index (χ1n) is 7.61. The number of nitrogens with one attached hydrogen (secondary N) is 3. The van der Waals surface area contributed by atoms with E-state index in [4.69, 9.17) is 16.7 Å². The molecule has 2 heterocycles. The number of hydrogen-bond donors (Lipinski definition) is 3. The van der Waals surface area contributed by atoms with Gasteiger partial charge in [0.2, 0.25) is 5.82 Å². The van der Waals surface area contributed by atoms with Crippen LogP contribution < -0.4 is 16.2 Å². The average Bonchev–Trinajstić information content (AvgIpc) is 3.17. The van der Waals surface area contributed by atoms with E-state index in [1.54, 1.807) is 18.3 Å². The Morgan fingerprint density at radius 1 is 1.11 bits per heavy atom. The SMILES string of the molecule is O=C(NNC(=S)Nc1ccc(C(F)(F)F)cc1)c1nc(-c2cccnc2)no1. The zero-order valence-corrected chi connectivity index (χ0v) is 14.6. The molecule has 0 radical (unpaired) electrons. The molecule has 8 nitrogen and oxygen atoms in total. The van der Waals surface area contributed by atoms with Gasteiger partial charge in [0.15, 0.2) is 5.11 Å². The Kier molecular flexibility index (Phi) is 5.49. The van der Waals surface area contributed by atoms with Gasteiger partial charge in [0, 0.05) is 23.6 Å². The number of hydrazine groups is 1. The molecule has 12 heteroatoms. The number of amides is 1. The molecule has 144 valence electrons. The summed E-state index contributed by atoms with van der Waals surface area (Å²) in [5.41, 5.74) is 4.70. The molecule has 3 N–H and O–H groups in total. The summed E-state index contributed by atoms with van der Waals surface area (Å²) in [7, 11) is 0. The molecule has 3 rings (SSSR count). The van der Waals surface area contributed by atoms with Gasteiger partial charge >= 0.3 is 18.0 Å². The van der Waals surface area contributed by atoms with Crippen LogP contribution in [-0.2, 0) is 6.18 Å². The molecule has 0 aliphatic heterocycles. The maximum absolute atomic E-state index is 12.5. The van der Waals surface area contributed by atoms with Crippen molar-refractivity contribution < 1.29 is 22.5 Å². The lowest BCUT2D eigenvalue weighted by atomic mass is 10.2. The summed E-state index contributed by atoms with van der Waals surface area (Å²) in [6.45, 7) is 0. The van der Waals surface area contributed by atoms with Crippen LogP contribution in [0.4, 0.5) is 18.9 Å². The number of thiocarbonyl (C=S) groups is 1. The fraction of sp³-hybridized carbons (Fsp3) is 0.0625. The fourth-order valence-electron chi connectivity index (χ4n) is 2.00. The first-order chi connectivity index (χ1) is 13.3. The minimum atomic E-state index is -4.43. The maximum atomic E-state index is 12.5. The Morgan fingerprint density at radius 3 is 2.50 bits per heavy atom. The Labute approximate surface area is 161 Å². The van der Waals surface area contributed by atoms with Crippen LogP contribution in [-0.4, -0.2) is 26.1 Å². The quantitative estimate of drug-likeness (QED) is 0.449. The minimum Gasteiger partial charge on any atom is -0.331 e. The second-order valence-electron chi connectivity index (χ2n) is 5.27. The third kappa shape index (κ3) is 4.79. The van der Waals surface area contributed by atoms with E-state index in [1.807, 2.05) is 0 Å². The van der Waals surface area contributed by atoms with E-state index < -0.39 is 17.6 Å². The van der Waals surface area contributed by atoms with Crippen LogP contribution in [0, 0.1) is 0 Å². The smallest absolute Gasteiger partial charge is 0.331 e. The normalized spacial score (nSPS) is 11.0. The first-order valence-corrected chi connectivity index (χ1v) is 8.02. The highest BCUT2D eigenvalue weighted by molar-refractivity contribution is 7.80. The number of rotatable bonds is 3. The number of pyridine rings is 1. The fourth-order valence-corrected chi connectivity index (χ4v) is 2.17. The zero-order chi connectivity index (χ0) is 20.1. The summed E-state index contributed by atoms with van der Waals surface area (Å²) in [4.78, 5) is 19.8. The van der Waals surface area contributed by atoms with Gasteiger partial charge in [-0.05, 0) is 48.6 Å². The summed E-state index contributed by atoms with van der Waals surface area (Å²) in [6.07, 6.45) is -1.34. The number of halogens is 3. The van der Waals surface area contributed by atoms with Crippen LogP contribution in [0.5, 0.6) is 0 Å². The molecule has 0 saturated carbocycles. The molecule has 0 atom stereocenters. The lowest BCUT2D eigenvalue weighted by molar-refractivity contribution is -0.137. The van der Waals surface area contributed by atoms with Gasteiger partial charge in [0.1, 0.15) is 0 Å². The van der Waals surface area contributed by atoms with E-state index in [2.05, 4.69) is 31.3 Å². The molecule has 0 unspecified atom stereocenters. The summed E-state index contributed by atoms with van der Waals surface area (Å²) in [6, 6.07) is 7.59. The Bertz CT molecular complexity index is 976. The zero-order valence-electron chi connectivity index (χ0n) is 13.8. The topological polar surface area (TPSA) is 105 Å². The highest BCUT2D eigenvalue weighted by Gasteiger charge is 2.29. The molecular weight excluding hydrogens is 397 g/mol. The molecule has 0 aliphatic carbocycles. The molecule has 2 aromatic heterocycles. The largest absolute Gasteiger partial charge is 0.416 e. The van der Waals surface area contributed by atoms with Gasteiger partial charge in [0.05, 0.1) is 5.56 Å². The van der Waals surface area contributed by atoms with Crippen molar-refractivity contribution >= 4 is 28.9 Å². The molecule has 1 aromatic carbocycles. The average molecular weight is 408 g/mol. The van der Waals surface area contributed by atoms with Crippen LogP contribution in [0.15, 0.2) is 53.3 Å². The predicted molar refractivity (Wildman–Crippen MR) is 95.8 cm³/mol. The number of carbonyl (C=O) groups excluding carboxylic acids is 1. The van der Waals surface area contributed by atoms with E-state index in [-0.39, 0.29) is 16.8 Å². The number of benzene rings is 1. The van der Waals surface area contributed by atoms with Crippen LogP contribution in [0.1, 0.15) is 16.2 Å². The summed E-state index contributed by atoms with van der Waals surface area (Å²) >= 11 is 4.96. The molecule has 0 fully saturated rings. The Balaban J connectivity index is 1.53. The Hall–Kier alpha value is -3.54. The molecule has 3 aromatic rings. The number of anilines is 1. The maximum Gasteiger partial charge on any atom is 0.416 e. The van der Waals surface area contributed by atoms with Crippen molar-refractivity contribution in [1.82, 2.24) is 26.0 Å². The van der Waals surface area contributed by atoms with E-state index in [9.17, 15) is 18.0 Å². The third-order valence-corrected chi connectivity index (χ3v) is 3.50. The lowest BCUT2D eigenvalue weighted by Gasteiger charge is -2.11. The van der Waals surface area contributed by atoms with Gasteiger partial charge < -0.3 is 9.84 Å². The Morgan fingerprint density at radius 2 is 1.86 bits per heavy atom. The van der Waals surface area contributed by atoms with Crippen LogP contribution in [0.3, 0.4) is 0 Å². The van der Waals surface area contributed by atoms with Crippen molar-refractivity contribution in [1.29, 1.82) is 0 Å². The molecule has 1 amide bonds. The van der Waals surface area contributed by atoms with E-state index >= 15 is 0 Å². The standard InChI is InChI=1S/C16H11F3N6O2S/c17-16(18,19)10-3-5-11(6-4-10)21-15(28)24-23-13(26)14-22-12(25-27-14)9-2-1-7-20-8-9/h1-8H,(H,23,26)(H2,21,24,28). The second kappa shape index (κ2) is 8.00. The number of aromatic nitrogens is 3. The number of nitrogens with zero attached hydrogens (tertiary/aromatic N) is 3. The van der Waals surface area contributed by atoms with Crippen LogP contribution in [0.25, 0.3) is 11.4 Å². The van der Waals surface area contributed by atoms with Gasteiger partial charge in [0.25, 0.3) is 0 Å². The summed E-state index contributed by atoms with van der Waals surface area (Å²) in [5, 5.41) is 6.24. The van der Waals surface area contributed by atoms with E-state index in [0.717, 1.165) is 12.1 Å². The van der Waals surface area contributed by atoms with Gasteiger partial charge in [-0.1, -0.05) is 5.16 Å². The molecule has 0 spiro atoms. The number of carbonyl (C=O) groups is 1.